The number of benzene rings is 5. The van der Waals surface area contributed by atoms with Crippen molar-refractivity contribution in [2.45, 2.75) is 45.1 Å². The van der Waals surface area contributed by atoms with E-state index < -0.39 is 17.8 Å². The fourth-order valence-electron chi connectivity index (χ4n) is 7.94. The van der Waals surface area contributed by atoms with E-state index >= 15 is 0 Å². The van der Waals surface area contributed by atoms with Crippen molar-refractivity contribution in [1.82, 2.24) is 5.32 Å². The number of nitrogens with zero attached hydrogens (tertiary/aromatic N) is 2. The number of hydrogen-bond donors (Lipinski definition) is 1. The first-order valence-electron chi connectivity index (χ1n) is 18.4. The molecule has 3 aliphatic heterocycles. The van der Waals surface area contributed by atoms with Gasteiger partial charge in [-0.05, 0) is 113 Å². The Hall–Kier alpha value is -5.42. The quantitative estimate of drug-likeness (QED) is 0.0907. The van der Waals surface area contributed by atoms with Gasteiger partial charge in [0.25, 0.3) is 11.8 Å². The summed E-state index contributed by atoms with van der Waals surface area (Å²) in [6.07, 6.45) is 3.34. The van der Waals surface area contributed by atoms with E-state index in [1.54, 1.807) is 6.07 Å². The van der Waals surface area contributed by atoms with Crippen LogP contribution in [0.4, 0.5) is 16.2 Å². The van der Waals surface area contributed by atoms with Crippen molar-refractivity contribution in [1.29, 1.82) is 0 Å². The number of barbiturate groups is 1. The molecular formula is C45H40IN3O5. The lowest BCUT2D eigenvalue weighted by Gasteiger charge is -2.44. The van der Waals surface area contributed by atoms with Crippen LogP contribution in [0.1, 0.15) is 70.5 Å². The second kappa shape index (κ2) is 15.1. The van der Waals surface area contributed by atoms with Crippen molar-refractivity contribution in [2.75, 3.05) is 29.5 Å². The van der Waals surface area contributed by atoms with Crippen LogP contribution in [0, 0.1) is 10.5 Å². The zero-order valence-corrected chi connectivity index (χ0v) is 32.3. The molecule has 0 unspecified atom stereocenters. The highest BCUT2D eigenvalue weighted by atomic mass is 127. The maximum absolute atomic E-state index is 14.5. The van der Waals surface area contributed by atoms with Gasteiger partial charge in [-0.1, -0.05) is 90.5 Å². The Labute approximate surface area is 328 Å². The maximum Gasteiger partial charge on any atom is 0.335 e. The van der Waals surface area contributed by atoms with Crippen LogP contribution >= 0.6 is 22.6 Å². The van der Waals surface area contributed by atoms with E-state index in [2.05, 4.69) is 81.3 Å². The summed E-state index contributed by atoms with van der Waals surface area (Å²) in [6, 6.07) is 35.8. The first-order valence-corrected chi connectivity index (χ1v) is 19.5. The molecule has 0 radical (unpaired) electrons. The number of rotatable bonds is 9. The predicted molar refractivity (Wildman–Crippen MR) is 219 cm³/mol. The smallest absolute Gasteiger partial charge is 0.335 e. The van der Waals surface area contributed by atoms with Crippen LogP contribution in [-0.4, -0.2) is 37.5 Å². The minimum Gasteiger partial charge on any atom is -0.490 e. The Balaban J connectivity index is 1.19. The van der Waals surface area contributed by atoms with E-state index in [1.165, 1.54) is 28.5 Å². The number of hydrogen-bond acceptors (Lipinski definition) is 6. The molecule has 8 nitrogen and oxygen atoms in total. The third kappa shape index (κ3) is 6.88. The van der Waals surface area contributed by atoms with Gasteiger partial charge in [0.1, 0.15) is 12.2 Å². The van der Waals surface area contributed by atoms with Crippen molar-refractivity contribution in [3.05, 3.63) is 157 Å². The van der Waals surface area contributed by atoms with Gasteiger partial charge in [-0.15, -0.1) is 0 Å². The van der Waals surface area contributed by atoms with Crippen molar-refractivity contribution < 1.29 is 23.9 Å². The van der Waals surface area contributed by atoms with Crippen LogP contribution in [0.15, 0.2) is 115 Å². The van der Waals surface area contributed by atoms with E-state index in [0.717, 1.165) is 51.1 Å². The van der Waals surface area contributed by atoms with Crippen LogP contribution in [0.5, 0.6) is 11.5 Å². The molecule has 0 aromatic heterocycles. The lowest BCUT2D eigenvalue weighted by atomic mass is 9.76. The fraction of sp³-hybridized carbons (Fsp3) is 0.222. The largest absolute Gasteiger partial charge is 0.490 e. The van der Waals surface area contributed by atoms with Crippen molar-refractivity contribution in [3.63, 3.8) is 0 Å². The van der Waals surface area contributed by atoms with Gasteiger partial charge in [-0.25, -0.2) is 9.69 Å². The highest BCUT2D eigenvalue weighted by molar-refractivity contribution is 14.1. The van der Waals surface area contributed by atoms with Crippen molar-refractivity contribution in [2.24, 2.45) is 0 Å². The Morgan fingerprint density at radius 3 is 2.00 bits per heavy atom. The van der Waals surface area contributed by atoms with Gasteiger partial charge in [0, 0.05) is 30.6 Å². The molecule has 4 amide bonds. The minimum absolute atomic E-state index is 0.0797. The molecule has 5 aromatic carbocycles. The van der Waals surface area contributed by atoms with Crippen LogP contribution in [0.3, 0.4) is 0 Å². The number of aryl methyl sites for hydroxylation is 1. The highest BCUT2D eigenvalue weighted by Crippen LogP contribution is 2.50. The Morgan fingerprint density at radius 1 is 0.796 bits per heavy atom. The number of halogens is 1. The van der Waals surface area contributed by atoms with E-state index in [9.17, 15) is 14.4 Å². The number of carbonyl (C=O) groups is 3. The lowest BCUT2D eigenvalue weighted by Crippen LogP contribution is -2.54. The van der Waals surface area contributed by atoms with Crippen LogP contribution in [-0.2, 0) is 16.2 Å². The zero-order valence-electron chi connectivity index (χ0n) is 30.2. The Kier molecular flexibility index (Phi) is 9.98. The van der Waals surface area contributed by atoms with Gasteiger partial charge >= 0.3 is 6.03 Å². The Morgan fingerprint density at radius 2 is 1.41 bits per heavy atom. The number of carbonyl (C=O) groups excluding carboxylic acids is 3. The number of anilines is 2. The second-order valence-electron chi connectivity index (χ2n) is 14.0. The molecule has 1 saturated heterocycles. The third-order valence-electron chi connectivity index (χ3n) is 10.5. The van der Waals surface area contributed by atoms with Crippen LogP contribution in [0.2, 0.25) is 0 Å². The van der Waals surface area contributed by atoms with Gasteiger partial charge in [-0.2, -0.15) is 0 Å². The molecule has 9 heteroatoms. The standard InChI is InChI=1S/C45H40IN3O5/c1-3-53-40-24-30(23-39(46)42(40)54-27-29-16-14-28(2)15-17-29)22-38-43(50)47-45(52)49(44(38)51)33-25-36-34(31-10-6-4-7-11-31)18-20-48-21-19-35(37(26-33)41(36)48)32-12-8-5-9-13-32/h4-17,22-26,34-35H,3,18-21,27H2,1-2H3,(H,47,50,52)/b38-22+/t34-,35-/m1/s1. The molecule has 0 saturated carbocycles. The molecule has 3 heterocycles. The summed E-state index contributed by atoms with van der Waals surface area (Å²) >= 11 is 2.18. The molecular weight excluding hydrogens is 789 g/mol. The molecule has 5 aromatic rings. The summed E-state index contributed by atoms with van der Waals surface area (Å²) in [4.78, 5) is 45.1. The molecule has 272 valence electrons. The second-order valence-corrected chi connectivity index (χ2v) is 15.1. The highest BCUT2D eigenvalue weighted by Gasteiger charge is 2.40. The summed E-state index contributed by atoms with van der Waals surface area (Å²) in [5.74, 6) is -0.193. The molecule has 0 spiro atoms. The number of amides is 4. The van der Waals surface area contributed by atoms with Crippen LogP contribution < -0.4 is 24.6 Å². The van der Waals surface area contributed by atoms with Gasteiger partial charge in [0.2, 0.25) is 0 Å². The van der Waals surface area contributed by atoms with Gasteiger partial charge < -0.3 is 14.4 Å². The first-order chi connectivity index (χ1) is 26.3. The van der Waals surface area contributed by atoms with E-state index in [-0.39, 0.29) is 17.4 Å². The zero-order chi connectivity index (χ0) is 37.3. The molecule has 8 rings (SSSR count). The number of urea groups is 1. The summed E-state index contributed by atoms with van der Waals surface area (Å²) in [5, 5.41) is 2.45. The molecule has 2 atom stereocenters. The molecule has 54 heavy (non-hydrogen) atoms. The lowest BCUT2D eigenvalue weighted by molar-refractivity contribution is -0.122. The summed E-state index contributed by atoms with van der Waals surface area (Å²) in [6.45, 7) is 6.52. The molecule has 1 fully saturated rings. The number of imide groups is 2. The normalized spacial score (nSPS) is 18.7. The average Bonchev–Trinajstić information content (AvgIpc) is 3.18. The topological polar surface area (TPSA) is 88.2 Å². The summed E-state index contributed by atoms with van der Waals surface area (Å²) in [5.41, 5.74) is 8.79. The van der Waals surface area contributed by atoms with Gasteiger partial charge in [0.15, 0.2) is 11.5 Å². The number of ether oxygens (including phenoxy) is 2. The van der Waals surface area contributed by atoms with Crippen LogP contribution in [0.25, 0.3) is 6.08 Å². The third-order valence-corrected chi connectivity index (χ3v) is 11.3. The molecule has 3 aliphatic rings. The number of nitrogens with one attached hydrogen (secondary N) is 1. The predicted octanol–water partition coefficient (Wildman–Crippen LogP) is 9.12. The van der Waals surface area contributed by atoms with E-state index in [0.29, 0.717) is 36.0 Å². The Bertz CT molecular complexity index is 2200. The van der Waals surface area contributed by atoms with Gasteiger partial charge in [-0.3, -0.25) is 14.9 Å². The SMILES string of the molecule is CCOc1cc(/C=C2\C(=O)NC(=O)N(c3cc4c5c(c3)[C@@H](c3ccccc3)CCN5CC[C@@H]4c3ccccc3)C2=O)cc(I)c1OCc1ccc(C)cc1. The maximum atomic E-state index is 14.5. The van der Waals surface area contributed by atoms with Crippen molar-refractivity contribution >= 4 is 57.9 Å². The fourth-order valence-corrected chi connectivity index (χ4v) is 8.72. The van der Waals surface area contributed by atoms with Gasteiger partial charge in [0.05, 0.1) is 15.9 Å². The molecule has 0 aliphatic carbocycles. The summed E-state index contributed by atoms with van der Waals surface area (Å²) in [7, 11) is 0. The van der Waals surface area contributed by atoms with E-state index in [4.69, 9.17) is 9.47 Å². The van der Waals surface area contributed by atoms with E-state index in [1.807, 2.05) is 68.4 Å². The van der Waals surface area contributed by atoms with Crippen molar-refractivity contribution in [3.8, 4) is 11.5 Å². The minimum atomic E-state index is -0.769. The monoisotopic (exact) mass is 829 g/mol. The molecule has 0 bridgehead atoms. The first kappa shape index (κ1) is 35.6. The average molecular weight is 830 g/mol. The summed E-state index contributed by atoms with van der Waals surface area (Å²) < 4.78 is 13.0. The molecule has 1 N–H and O–H groups in total.